The monoisotopic (exact) mass is 490 g/mol. The van der Waals surface area contributed by atoms with E-state index in [-0.39, 0.29) is 24.6 Å². The number of aromatic nitrogens is 2. The number of anilines is 1. The molecule has 0 unspecified atom stereocenters. The van der Waals surface area contributed by atoms with Gasteiger partial charge in [0.05, 0.1) is 35.4 Å². The van der Waals surface area contributed by atoms with Crippen molar-refractivity contribution in [2.24, 2.45) is 5.92 Å². The van der Waals surface area contributed by atoms with Crippen LogP contribution in [-0.4, -0.2) is 33.8 Å². The van der Waals surface area contributed by atoms with Crippen LogP contribution in [0.5, 0.6) is 0 Å². The molecule has 6 nitrogen and oxygen atoms in total. The van der Waals surface area contributed by atoms with Gasteiger partial charge in [-0.15, -0.1) is 0 Å². The average molecular weight is 490 g/mol. The number of benzene rings is 3. The largest absolute Gasteiger partial charge is 0.350 e. The van der Waals surface area contributed by atoms with Gasteiger partial charge in [0.1, 0.15) is 17.8 Å². The van der Waals surface area contributed by atoms with Crippen molar-refractivity contribution < 1.29 is 22.8 Å². The normalized spacial score (nSPS) is 23.3. The van der Waals surface area contributed by atoms with E-state index in [4.69, 9.17) is 0 Å². The van der Waals surface area contributed by atoms with Gasteiger partial charge in [-0.05, 0) is 66.6 Å². The molecule has 1 saturated heterocycles. The van der Waals surface area contributed by atoms with E-state index in [1.165, 1.54) is 24.3 Å². The van der Waals surface area contributed by atoms with Gasteiger partial charge < -0.3 is 10.2 Å². The topological polar surface area (TPSA) is 67.2 Å². The molecule has 1 aliphatic heterocycles. The number of hydrogen-bond acceptors (Lipinski definition) is 3. The molecule has 1 saturated carbocycles. The van der Waals surface area contributed by atoms with Gasteiger partial charge in [0.2, 0.25) is 11.8 Å². The minimum absolute atomic E-state index is 0.0321. The molecule has 36 heavy (non-hydrogen) atoms. The van der Waals surface area contributed by atoms with Gasteiger partial charge in [-0.1, -0.05) is 12.1 Å². The van der Waals surface area contributed by atoms with E-state index >= 15 is 0 Å². The third-order valence-corrected chi connectivity index (χ3v) is 6.81. The number of carbonyl (C=O) groups excluding carboxylic acids is 2. The Bertz CT molecular complexity index is 1470. The molecule has 1 N–H and O–H groups in total. The van der Waals surface area contributed by atoms with Crippen LogP contribution in [0.2, 0.25) is 0 Å². The van der Waals surface area contributed by atoms with Crippen LogP contribution in [0.25, 0.3) is 16.6 Å². The first-order valence-corrected chi connectivity index (χ1v) is 11.6. The molecular formula is C27H21F3N4O2. The molecule has 4 aromatic rings. The highest BCUT2D eigenvalue weighted by Gasteiger charge is 2.48. The van der Waals surface area contributed by atoms with E-state index in [9.17, 15) is 22.8 Å². The van der Waals surface area contributed by atoms with E-state index in [1.54, 1.807) is 46.1 Å². The number of fused-ring (bicyclic) bond motifs is 1. The molecule has 2 aliphatic rings. The Balaban J connectivity index is 1.37. The van der Waals surface area contributed by atoms with E-state index in [0.717, 1.165) is 10.9 Å². The molecule has 2 heterocycles. The lowest BCUT2D eigenvalue weighted by Gasteiger charge is -2.29. The summed E-state index contributed by atoms with van der Waals surface area (Å²) in [6.07, 6.45) is 0.724. The fourth-order valence-corrected chi connectivity index (χ4v) is 4.89. The summed E-state index contributed by atoms with van der Waals surface area (Å²) < 4.78 is 42.1. The summed E-state index contributed by atoms with van der Waals surface area (Å²) in [6.45, 7) is 0. The SMILES string of the molecule is O=C(N[C@@H]1CC(=O)N(c2ccc3c(cnn3-c3ccc(F)cc3)c2)[C@H]1c1ccc(F)cc1)[C@@H]1C[C@@H]1F. The van der Waals surface area contributed by atoms with E-state index < -0.39 is 35.9 Å². The van der Waals surface area contributed by atoms with Crippen molar-refractivity contribution >= 4 is 28.4 Å². The molecule has 0 radical (unpaired) electrons. The second-order valence-corrected chi connectivity index (χ2v) is 9.21. The first-order chi connectivity index (χ1) is 17.4. The zero-order valence-corrected chi connectivity index (χ0v) is 18.9. The van der Waals surface area contributed by atoms with Crippen molar-refractivity contribution in [3.05, 3.63) is 90.1 Å². The van der Waals surface area contributed by atoms with Gasteiger partial charge in [0.25, 0.3) is 0 Å². The lowest BCUT2D eigenvalue weighted by Crippen LogP contribution is -2.41. The minimum Gasteiger partial charge on any atom is -0.350 e. The second kappa shape index (κ2) is 8.51. The first-order valence-electron chi connectivity index (χ1n) is 11.6. The maximum absolute atomic E-state index is 13.7. The Hall–Kier alpha value is -4.14. The summed E-state index contributed by atoms with van der Waals surface area (Å²) in [5.41, 5.74) is 2.70. The summed E-state index contributed by atoms with van der Waals surface area (Å²) in [4.78, 5) is 27.3. The van der Waals surface area contributed by atoms with Gasteiger partial charge >= 0.3 is 0 Å². The molecule has 2 amide bonds. The van der Waals surface area contributed by atoms with Crippen LogP contribution < -0.4 is 10.2 Å². The number of halogens is 3. The summed E-state index contributed by atoms with van der Waals surface area (Å²) in [6, 6.07) is 16.0. The van der Waals surface area contributed by atoms with Crippen LogP contribution in [0, 0.1) is 17.6 Å². The number of carbonyl (C=O) groups is 2. The van der Waals surface area contributed by atoms with E-state index in [0.29, 0.717) is 16.9 Å². The summed E-state index contributed by atoms with van der Waals surface area (Å²) in [7, 11) is 0. The number of hydrogen-bond donors (Lipinski definition) is 1. The molecule has 4 atom stereocenters. The van der Waals surface area contributed by atoms with Gasteiger partial charge in [-0.25, -0.2) is 17.9 Å². The fraction of sp³-hybridized carbons (Fsp3) is 0.222. The number of nitrogens with one attached hydrogen (secondary N) is 1. The number of rotatable bonds is 5. The molecule has 0 bridgehead atoms. The highest BCUT2D eigenvalue weighted by Crippen LogP contribution is 2.40. The highest BCUT2D eigenvalue weighted by molar-refractivity contribution is 6.00. The van der Waals surface area contributed by atoms with Crippen LogP contribution >= 0.6 is 0 Å². The standard InChI is InChI=1S/C27H21F3N4O2/c28-17-3-1-15(2-4-17)26-23(32-27(36)21-12-22(21)30)13-25(35)33(26)20-9-10-24-16(11-20)14-31-34(24)19-7-5-18(29)6-8-19/h1-11,14,21-23,26H,12-13H2,(H,32,36)/t21-,22+,23-,26+/m1/s1. The van der Waals surface area contributed by atoms with Crippen molar-refractivity contribution in [3.63, 3.8) is 0 Å². The molecule has 9 heteroatoms. The maximum Gasteiger partial charge on any atom is 0.229 e. The Kier molecular flexibility index (Phi) is 5.28. The first kappa shape index (κ1) is 22.3. The third kappa shape index (κ3) is 3.90. The van der Waals surface area contributed by atoms with Crippen molar-refractivity contribution in [1.82, 2.24) is 15.1 Å². The Morgan fingerprint density at radius 2 is 1.58 bits per heavy atom. The van der Waals surface area contributed by atoms with Crippen LogP contribution in [0.4, 0.5) is 18.9 Å². The van der Waals surface area contributed by atoms with E-state index in [2.05, 4.69) is 10.4 Å². The summed E-state index contributed by atoms with van der Waals surface area (Å²) in [5.74, 6) is -2.07. The van der Waals surface area contributed by atoms with Gasteiger partial charge in [0, 0.05) is 17.5 Å². The molecule has 1 aliphatic carbocycles. The Morgan fingerprint density at radius 1 is 0.944 bits per heavy atom. The molecule has 2 fully saturated rings. The molecule has 3 aromatic carbocycles. The van der Waals surface area contributed by atoms with Crippen molar-refractivity contribution in [1.29, 1.82) is 0 Å². The zero-order valence-electron chi connectivity index (χ0n) is 18.9. The predicted octanol–water partition coefficient (Wildman–Crippen LogP) is 4.62. The van der Waals surface area contributed by atoms with Crippen molar-refractivity contribution in [2.75, 3.05) is 4.90 Å². The van der Waals surface area contributed by atoms with E-state index in [1.807, 2.05) is 12.1 Å². The lowest BCUT2D eigenvalue weighted by molar-refractivity contribution is -0.123. The molecular weight excluding hydrogens is 469 g/mol. The van der Waals surface area contributed by atoms with Crippen molar-refractivity contribution in [2.45, 2.75) is 31.1 Å². The number of nitrogens with zero attached hydrogens (tertiary/aromatic N) is 3. The smallest absolute Gasteiger partial charge is 0.229 e. The van der Waals surface area contributed by atoms with Gasteiger partial charge in [-0.3, -0.25) is 9.59 Å². The molecule has 6 rings (SSSR count). The summed E-state index contributed by atoms with van der Waals surface area (Å²) >= 11 is 0. The summed E-state index contributed by atoms with van der Waals surface area (Å²) in [5, 5.41) is 8.02. The molecule has 1 aromatic heterocycles. The fourth-order valence-electron chi connectivity index (χ4n) is 4.89. The van der Waals surface area contributed by atoms with Crippen LogP contribution in [0.3, 0.4) is 0 Å². The molecule has 182 valence electrons. The van der Waals surface area contributed by atoms with Crippen molar-refractivity contribution in [3.8, 4) is 5.69 Å². The second-order valence-electron chi connectivity index (χ2n) is 9.21. The quantitative estimate of drug-likeness (QED) is 0.444. The minimum atomic E-state index is -1.15. The van der Waals surface area contributed by atoms with Gasteiger partial charge in [-0.2, -0.15) is 5.10 Å². The third-order valence-electron chi connectivity index (χ3n) is 6.81. The lowest BCUT2D eigenvalue weighted by atomic mass is 9.99. The zero-order chi connectivity index (χ0) is 25.0. The number of amides is 2. The van der Waals surface area contributed by atoms with Crippen LogP contribution in [-0.2, 0) is 9.59 Å². The number of alkyl halides is 1. The Morgan fingerprint density at radius 3 is 2.25 bits per heavy atom. The average Bonchev–Trinajstić information content (AvgIpc) is 3.32. The Labute approximate surface area is 204 Å². The van der Waals surface area contributed by atoms with Crippen LogP contribution in [0.1, 0.15) is 24.4 Å². The van der Waals surface area contributed by atoms with Crippen LogP contribution in [0.15, 0.2) is 72.9 Å². The molecule has 0 spiro atoms. The predicted molar refractivity (Wildman–Crippen MR) is 127 cm³/mol. The van der Waals surface area contributed by atoms with Gasteiger partial charge in [0.15, 0.2) is 0 Å². The maximum atomic E-state index is 13.7. The highest BCUT2D eigenvalue weighted by atomic mass is 19.1.